The summed E-state index contributed by atoms with van der Waals surface area (Å²) in [5.74, 6) is 1.59. The lowest BCUT2D eigenvalue weighted by molar-refractivity contribution is -0.118. The molecule has 1 aliphatic heterocycles. The van der Waals surface area contributed by atoms with Gasteiger partial charge < -0.3 is 15.5 Å². The van der Waals surface area contributed by atoms with Gasteiger partial charge in [-0.05, 0) is 37.5 Å². The molecular formula is C19H29N5O2. The standard InChI is InChI=1S/C19H29N5O2/c1-23-12-16(11-20-23)24-9-8-17(18(24)25)22-19(26)21-15-7-6-13-4-2-3-5-14(13)10-15/h11-15,17H,2-10H2,1H3,(H2,21,22,26). The van der Waals surface area contributed by atoms with Crippen LogP contribution in [-0.4, -0.2) is 40.3 Å². The highest BCUT2D eigenvalue weighted by atomic mass is 16.2. The van der Waals surface area contributed by atoms with Gasteiger partial charge in [-0.2, -0.15) is 5.10 Å². The van der Waals surface area contributed by atoms with Crippen LogP contribution >= 0.6 is 0 Å². The first kappa shape index (κ1) is 17.4. The molecule has 26 heavy (non-hydrogen) atoms. The van der Waals surface area contributed by atoms with Crippen LogP contribution in [0.2, 0.25) is 0 Å². The summed E-state index contributed by atoms with van der Waals surface area (Å²) in [6, 6.07) is -0.392. The van der Waals surface area contributed by atoms with E-state index in [2.05, 4.69) is 15.7 Å². The largest absolute Gasteiger partial charge is 0.335 e. The molecule has 0 radical (unpaired) electrons. The second-order valence-corrected chi connectivity index (χ2v) is 8.14. The maximum absolute atomic E-state index is 12.6. The van der Waals surface area contributed by atoms with Gasteiger partial charge in [0.15, 0.2) is 0 Å². The van der Waals surface area contributed by atoms with E-state index in [4.69, 9.17) is 0 Å². The van der Waals surface area contributed by atoms with Crippen molar-refractivity contribution in [2.45, 2.75) is 63.5 Å². The van der Waals surface area contributed by atoms with Crippen molar-refractivity contribution in [3.8, 4) is 0 Å². The third kappa shape index (κ3) is 3.57. The number of aromatic nitrogens is 2. The Bertz CT molecular complexity index is 673. The highest BCUT2D eigenvalue weighted by Crippen LogP contribution is 2.40. The maximum atomic E-state index is 12.6. The third-order valence-electron chi connectivity index (χ3n) is 6.39. The summed E-state index contributed by atoms with van der Waals surface area (Å²) in [5.41, 5.74) is 0.790. The highest BCUT2D eigenvalue weighted by molar-refractivity contribution is 6.01. The molecule has 3 aliphatic rings. The summed E-state index contributed by atoms with van der Waals surface area (Å²) in [4.78, 5) is 26.7. The van der Waals surface area contributed by atoms with E-state index in [-0.39, 0.29) is 18.0 Å². The first-order valence-electron chi connectivity index (χ1n) is 9.97. The van der Waals surface area contributed by atoms with Gasteiger partial charge in [-0.15, -0.1) is 0 Å². The third-order valence-corrected chi connectivity index (χ3v) is 6.39. The van der Waals surface area contributed by atoms with Gasteiger partial charge in [0.1, 0.15) is 6.04 Å². The van der Waals surface area contributed by atoms with Crippen molar-refractivity contribution in [2.75, 3.05) is 11.4 Å². The van der Waals surface area contributed by atoms with Gasteiger partial charge in [-0.25, -0.2) is 4.79 Å². The molecule has 2 heterocycles. The Morgan fingerprint density at radius 2 is 1.92 bits per heavy atom. The number of hydrogen-bond donors (Lipinski definition) is 2. The summed E-state index contributed by atoms with van der Waals surface area (Å²) in [6.07, 6.45) is 12.9. The fraction of sp³-hybridized carbons (Fsp3) is 0.737. The van der Waals surface area contributed by atoms with E-state index in [9.17, 15) is 9.59 Å². The van der Waals surface area contributed by atoms with Crippen LogP contribution in [0.1, 0.15) is 51.4 Å². The topological polar surface area (TPSA) is 79.3 Å². The van der Waals surface area contributed by atoms with Gasteiger partial charge in [0.05, 0.1) is 11.9 Å². The molecule has 1 aromatic rings. The number of amides is 3. The molecule has 4 atom stereocenters. The number of nitrogens with one attached hydrogen (secondary N) is 2. The van der Waals surface area contributed by atoms with Crippen LogP contribution in [0.15, 0.2) is 12.4 Å². The van der Waals surface area contributed by atoms with Crippen molar-refractivity contribution in [1.82, 2.24) is 20.4 Å². The second kappa shape index (κ2) is 7.29. The molecule has 7 nitrogen and oxygen atoms in total. The Balaban J connectivity index is 1.28. The van der Waals surface area contributed by atoms with E-state index in [0.717, 1.165) is 30.4 Å². The minimum absolute atomic E-state index is 0.0517. The molecule has 0 bridgehead atoms. The van der Waals surface area contributed by atoms with E-state index in [1.54, 1.807) is 15.8 Å². The second-order valence-electron chi connectivity index (χ2n) is 8.14. The molecule has 0 spiro atoms. The summed E-state index contributed by atoms with van der Waals surface area (Å²) in [6.45, 7) is 0.614. The Labute approximate surface area is 154 Å². The monoisotopic (exact) mass is 359 g/mol. The Kier molecular flexibility index (Phi) is 4.87. The van der Waals surface area contributed by atoms with E-state index in [1.807, 2.05) is 13.2 Å². The number of urea groups is 1. The molecule has 2 saturated carbocycles. The number of rotatable bonds is 3. The Morgan fingerprint density at radius 3 is 2.69 bits per heavy atom. The van der Waals surface area contributed by atoms with Gasteiger partial charge in [0, 0.05) is 25.8 Å². The first-order chi connectivity index (χ1) is 12.6. The zero-order valence-corrected chi connectivity index (χ0v) is 15.5. The summed E-state index contributed by atoms with van der Waals surface area (Å²) in [5, 5.41) is 10.1. The van der Waals surface area contributed by atoms with E-state index < -0.39 is 6.04 Å². The highest BCUT2D eigenvalue weighted by Gasteiger charge is 2.36. The van der Waals surface area contributed by atoms with Crippen molar-refractivity contribution in [1.29, 1.82) is 0 Å². The summed E-state index contributed by atoms with van der Waals surface area (Å²) in [7, 11) is 1.83. The molecule has 0 aromatic carbocycles. The molecule has 7 heteroatoms. The van der Waals surface area contributed by atoms with Crippen LogP contribution in [0.3, 0.4) is 0 Å². The Morgan fingerprint density at radius 1 is 1.12 bits per heavy atom. The fourth-order valence-electron chi connectivity index (χ4n) is 5.01. The smallest absolute Gasteiger partial charge is 0.315 e. The lowest BCUT2D eigenvalue weighted by Crippen LogP contribution is -2.50. The molecule has 142 valence electrons. The van der Waals surface area contributed by atoms with Gasteiger partial charge in [0.2, 0.25) is 5.91 Å². The molecule has 1 aromatic heterocycles. The molecule has 3 fully saturated rings. The molecule has 4 unspecified atom stereocenters. The molecule has 4 rings (SSSR count). The average molecular weight is 359 g/mol. The van der Waals surface area contributed by atoms with Gasteiger partial charge in [-0.1, -0.05) is 25.7 Å². The number of fused-ring (bicyclic) bond motifs is 1. The van der Waals surface area contributed by atoms with Crippen molar-refractivity contribution in [3.05, 3.63) is 12.4 Å². The summed E-state index contributed by atoms with van der Waals surface area (Å²) < 4.78 is 1.68. The predicted octanol–water partition coefficient (Wildman–Crippen LogP) is 2.18. The lowest BCUT2D eigenvalue weighted by Gasteiger charge is -2.39. The summed E-state index contributed by atoms with van der Waals surface area (Å²) >= 11 is 0. The number of carbonyl (C=O) groups excluding carboxylic acids is 2. The van der Waals surface area contributed by atoms with Crippen LogP contribution in [0.5, 0.6) is 0 Å². The van der Waals surface area contributed by atoms with Crippen molar-refractivity contribution in [3.63, 3.8) is 0 Å². The predicted molar refractivity (Wildman–Crippen MR) is 98.7 cm³/mol. The minimum Gasteiger partial charge on any atom is -0.335 e. The van der Waals surface area contributed by atoms with E-state index in [1.165, 1.54) is 32.1 Å². The van der Waals surface area contributed by atoms with Crippen LogP contribution < -0.4 is 15.5 Å². The molecule has 2 aliphatic carbocycles. The number of anilines is 1. The Hall–Kier alpha value is -2.05. The van der Waals surface area contributed by atoms with Gasteiger partial charge in [0.25, 0.3) is 0 Å². The van der Waals surface area contributed by atoms with Gasteiger partial charge >= 0.3 is 6.03 Å². The lowest BCUT2D eigenvalue weighted by atomic mass is 9.69. The quantitative estimate of drug-likeness (QED) is 0.868. The van der Waals surface area contributed by atoms with Crippen molar-refractivity contribution in [2.24, 2.45) is 18.9 Å². The first-order valence-corrected chi connectivity index (χ1v) is 9.97. The fourth-order valence-corrected chi connectivity index (χ4v) is 5.01. The molecular weight excluding hydrogens is 330 g/mol. The van der Waals surface area contributed by atoms with E-state index >= 15 is 0 Å². The number of hydrogen-bond acceptors (Lipinski definition) is 3. The normalized spacial score (nSPS) is 31.6. The van der Waals surface area contributed by atoms with Gasteiger partial charge in [-0.3, -0.25) is 9.48 Å². The number of nitrogens with zero attached hydrogens (tertiary/aromatic N) is 3. The van der Waals surface area contributed by atoms with Crippen LogP contribution in [-0.2, 0) is 11.8 Å². The van der Waals surface area contributed by atoms with E-state index in [0.29, 0.717) is 13.0 Å². The molecule has 3 amide bonds. The van der Waals surface area contributed by atoms with Crippen LogP contribution in [0, 0.1) is 11.8 Å². The SMILES string of the molecule is Cn1cc(N2CCC(NC(=O)NC3CCC4CCCCC4C3)C2=O)cn1. The average Bonchev–Trinajstić information content (AvgIpc) is 3.21. The van der Waals surface area contributed by atoms with Crippen LogP contribution in [0.4, 0.5) is 10.5 Å². The zero-order chi connectivity index (χ0) is 18.1. The van der Waals surface area contributed by atoms with Crippen molar-refractivity contribution < 1.29 is 9.59 Å². The molecule has 1 saturated heterocycles. The molecule has 2 N–H and O–H groups in total. The zero-order valence-electron chi connectivity index (χ0n) is 15.5. The van der Waals surface area contributed by atoms with Crippen molar-refractivity contribution >= 4 is 17.6 Å². The minimum atomic E-state index is -0.443. The number of carbonyl (C=O) groups is 2. The maximum Gasteiger partial charge on any atom is 0.315 e. The van der Waals surface area contributed by atoms with Crippen LogP contribution in [0.25, 0.3) is 0 Å². The number of aryl methyl sites for hydroxylation is 1.